The van der Waals surface area contributed by atoms with E-state index in [9.17, 15) is 4.79 Å². The minimum absolute atomic E-state index is 0.180. The molecule has 6 heteroatoms. The summed E-state index contributed by atoms with van der Waals surface area (Å²) in [5.74, 6) is 0.180. The first-order valence-electron chi connectivity index (χ1n) is 12.7. The van der Waals surface area contributed by atoms with E-state index in [0.29, 0.717) is 17.3 Å². The molecule has 0 aliphatic heterocycles. The molecule has 0 atom stereocenters. The normalized spacial score (nSPS) is 11.7. The quantitative estimate of drug-likeness (QED) is 0.203. The molecule has 6 nitrogen and oxygen atoms in total. The molecule has 0 amide bonds. The summed E-state index contributed by atoms with van der Waals surface area (Å²) < 4.78 is 2.23. The molecule has 0 aliphatic carbocycles. The van der Waals surface area contributed by atoms with Crippen LogP contribution >= 0.6 is 0 Å². The maximum Gasteiger partial charge on any atom is 0.193 e. The predicted molar refractivity (Wildman–Crippen MR) is 153 cm³/mol. The Morgan fingerprint density at radius 1 is 0.667 bits per heavy atom. The second-order valence-electron chi connectivity index (χ2n) is 9.42. The van der Waals surface area contributed by atoms with Gasteiger partial charge in [-0.25, -0.2) is 9.97 Å². The third-order valence-electron chi connectivity index (χ3n) is 7.28. The molecule has 0 bridgehead atoms. The first-order valence-corrected chi connectivity index (χ1v) is 12.7. The number of fused-ring (bicyclic) bond motifs is 2. The Kier molecular flexibility index (Phi) is 5.37. The zero-order valence-electron chi connectivity index (χ0n) is 20.9. The highest BCUT2D eigenvalue weighted by Gasteiger charge is 2.40. The average molecular weight is 506 g/mol. The van der Waals surface area contributed by atoms with Crippen LogP contribution < -0.4 is 0 Å². The molecule has 7 rings (SSSR count). The maximum atomic E-state index is 11.5. The number of carbonyl (C=O) groups is 1. The van der Waals surface area contributed by atoms with E-state index >= 15 is 0 Å². The van der Waals surface area contributed by atoms with Gasteiger partial charge in [-0.05, 0) is 41.0 Å². The minimum Gasteiger partial charge on any atom is -0.296 e. The number of H-pyrrole nitrogens is 1. The molecule has 0 saturated carbocycles. The molecule has 0 spiro atoms. The van der Waals surface area contributed by atoms with E-state index in [1.807, 2.05) is 42.5 Å². The van der Waals surface area contributed by atoms with Gasteiger partial charge in [0.25, 0.3) is 0 Å². The van der Waals surface area contributed by atoms with E-state index in [1.165, 1.54) is 0 Å². The van der Waals surface area contributed by atoms with E-state index < -0.39 is 5.54 Å². The van der Waals surface area contributed by atoms with Gasteiger partial charge in [-0.3, -0.25) is 19.6 Å². The van der Waals surface area contributed by atoms with Gasteiger partial charge >= 0.3 is 0 Å². The summed E-state index contributed by atoms with van der Waals surface area (Å²) in [4.78, 5) is 24.7. The second-order valence-corrected chi connectivity index (χ2v) is 9.42. The summed E-state index contributed by atoms with van der Waals surface area (Å²) in [6.07, 6.45) is 4.27. The minimum atomic E-state index is -0.755. The number of imidazole rings is 1. The van der Waals surface area contributed by atoms with Crippen LogP contribution in [0.4, 0.5) is 0 Å². The predicted octanol–water partition coefficient (Wildman–Crippen LogP) is 6.63. The fourth-order valence-corrected chi connectivity index (χ4v) is 5.62. The number of pyridine rings is 1. The highest BCUT2D eigenvalue weighted by Crippen LogP contribution is 2.44. The molecular formula is C33H23N5O. The van der Waals surface area contributed by atoms with Gasteiger partial charge < -0.3 is 0 Å². The van der Waals surface area contributed by atoms with Crippen LogP contribution in [-0.2, 0) is 5.54 Å². The standard InChI is InChI=1S/C33H23N5O/c39-22-31-35-28-20-27-30(21-29(28)36-31)38(37-32(27)23-16-18-34-19-17-23)33(24-10-4-1-5-11-24,25-12-6-2-7-13-25)26-14-8-3-9-15-26/h1-22,37H. The lowest BCUT2D eigenvalue weighted by molar-refractivity contribution is 0.111. The lowest BCUT2D eigenvalue weighted by Gasteiger charge is -2.37. The summed E-state index contributed by atoms with van der Waals surface area (Å²) in [5, 5.41) is 4.77. The Labute approximate surface area is 224 Å². The molecule has 0 aliphatic rings. The number of benzene rings is 4. The summed E-state index contributed by atoms with van der Waals surface area (Å²) >= 11 is 0. The van der Waals surface area contributed by atoms with Crippen molar-refractivity contribution in [1.29, 1.82) is 0 Å². The Morgan fingerprint density at radius 2 is 1.18 bits per heavy atom. The fraction of sp³-hybridized carbons (Fsp3) is 0.0303. The zero-order chi connectivity index (χ0) is 26.2. The number of carbonyl (C=O) groups excluding carboxylic acids is 1. The Bertz CT molecular complexity index is 1810. The van der Waals surface area contributed by atoms with Crippen molar-refractivity contribution in [2.75, 3.05) is 0 Å². The molecule has 1 N–H and O–H groups in total. The van der Waals surface area contributed by atoms with E-state index in [1.54, 1.807) is 12.4 Å². The summed E-state index contributed by atoms with van der Waals surface area (Å²) in [7, 11) is 0. The van der Waals surface area contributed by atoms with Gasteiger partial charge in [0.1, 0.15) is 5.54 Å². The number of nitrogens with zero attached hydrogens (tertiary/aromatic N) is 4. The fourth-order valence-electron chi connectivity index (χ4n) is 5.62. The van der Waals surface area contributed by atoms with Crippen LogP contribution in [0.15, 0.2) is 128 Å². The number of aromatic nitrogens is 5. The largest absolute Gasteiger partial charge is 0.296 e. The third kappa shape index (κ3) is 3.57. The molecule has 0 saturated heterocycles. The van der Waals surface area contributed by atoms with Gasteiger partial charge in [0.15, 0.2) is 12.1 Å². The van der Waals surface area contributed by atoms with Gasteiger partial charge in [0.05, 0.1) is 22.2 Å². The van der Waals surface area contributed by atoms with Crippen molar-refractivity contribution in [3.05, 3.63) is 150 Å². The van der Waals surface area contributed by atoms with Crippen LogP contribution in [0.5, 0.6) is 0 Å². The first-order chi connectivity index (χ1) is 19.3. The van der Waals surface area contributed by atoms with Crippen LogP contribution in [0.25, 0.3) is 33.2 Å². The van der Waals surface area contributed by atoms with Crippen LogP contribution in [0, 0.1) is 0 Å². The Morgan fingerprint density at radius 3 is 1.69 bits per heavy atom. The zero-order valence-corrected chi connectivity index (χ0v) is 20.9. The van der Waals surface area contributed by atoms with Crippen molar-refractivity contribution in [3.8, 4) is 11.3 Å². The molecule has 7 aromatic rings. The van der Waals surface area contributed by atoms with Crippen LogP contribution in [-0.4, -0.2) is 31.0 Å². The highest BCUT2D eigenvalue weighted by molar-refractivity contribution is 6.02. The van der Waals surface area contributed by atoms with E-state index in [-0.39, 0.29) is 5.82 Å². The lowest BCUT2D eigenvalue weighted by Crippen LogP contribution is -2.38. The average Bonchev–Trinajstić information content (AvgIpc) is 3.59. The SMILES string of the molecule is O=Cc1nc2cc3c(-c4ccncc4)[nH]n(C(c4ccccc4)(c4ccccc4)c4ccccc4)c3cc2n1. The Hall–Kier alpha value is -5.36. The molecular weight excluding hydrogens is 482 g/mol. The molecule has 4 aromatic carbocycles. The van der Waals surface area contributed by atoms with E-state index in [2.05, 4.69) is 97.5 Å². The second kappa shape index (κ2) is 9.19. The van der Waals surface area contributed by atoms with Crippen molar-refractivity contribution < 1.29 is 4.79 Å². The van der Waals surface area contributed by atoms with Gasteiger partial charge in [-0.15, -0.1) is 0 Å². The van der Waals surface area contributed by atoms with Crippen molar-refractivity contribution >= 4 is 28.2 Å². The van der Waals surface area contributed by atoms with Crippen molar-refractivity contribution in [2.24, 2.45) is 0 Å². The lowest BCUT2D eigenvalue weighted by atomic mass is 9.77. The number of aldehydes is 1. The van der Waals surface area contributed by atoms with Crippen molar-refractivity contribution in [3.63, 3.8) is 0 Å². The van der Waals surface area contributed by atoms with Crippen molar-refractivity contribution in [1.82, 2.24) is 24.7 Å². The number of hydrogen-bond acceptors (Lipinski definition) is 4. The van der Waals surface area contributed by atoms with Gasteiger partial charge in [0, 0.05) is 23.3 Å². The Balaban J connectivity index is 1.68. The molecule has 3 heterocycles. The van der Waals surface area contributed by atoms with E-state index in [4.69, 9.17) is 0 Å². The van der Waals surface area contributed by atoms with Gasteiger partial charge in [0.2, 0.25) is 0 Å². The number of aromatic amines is 1. The molecule has 39 heavy (non-hydrogen) atoms. The van der Waals surface area contributed by atoms with Gasteiger partial charge in [-0.1, -0.05) is 91.0 Å². The van der Waals surface area contributed by atoms with Crippen LogP contribution in [0.2, 0.25) is 0 Å². The third-order valence-corrected chi connectivity index (χ3v) is 7.28. The molecule has 186 valence electrons. The van der Waals surface area contributed by atoms with Gasteiger partial charge in [-0.2, -0.15) is 0 Å². The summed E-state index contributed by atoms with van der Waals surface area (Å²) in [6, 6.07) is 39.5. The van der Waals surface area contributed by atoms with E-state index in [0.717, 1.165) is 38.9 Å². The van der Waals surface area contributed by atoms with Crippen LogP contribution in [0.1, 0.15) is 27.3 Å². The summed E-state index contributed by atoms with van der Waals surface area (Å²) in [5.41, 5.74) is 6.73. The van der Waals surface area contributed by atoms with Crippen molar-refractivity contribution in [2.45, 2.75) is 5.54 Å². The number of hydrogen-bond donors (Lipinski definition) is 1. The number of rotatable bonds is 6. The first kappa shape index (κ1) is 22.8. The monoisotopic (exact) mass is 505 g/mol. The topological polar surface area (TPSA) is 76.5 Å². The maximum absolute atomic E-state index is 11.5. The smallest absolute Gasteiger partial charge is 0.193 e. The molecule has 0 unspecified atom stereocenters. The summed E-state index contributed by atoms with van der Waals surface area (Å²) in [6.45, 7) is 0. The molecule has 0 fully saturated rings. The molecule has 0 radical (unpaired) electrons. The highest BCUT2D eigenvalue weighted by atomic mass is 16.1. The number of nitrogens with one attached hydrogen (secondary N) is 1. The van der Waals surface area contributed by atoms with Crippen LogP contribution in [0.3, 0.4) is 0 Å². The molecule has 3 aromatic heterocycles.